The number of nitrogens with zero attached hydrogens (tertiary/aromatic N) is 2. The summed E-state index contributed by atoms with van der Waals surface area (Å²) in [7, 11) is 1.62. The van der Waals surface area contributed by atoms with Gasteiger partial charge in [-0.1, -0.05) is 23.7 Å². The van der Waals surface area contributed by atoms with Crippen molar-refractivity contribution in [2.75, 3.05) is 20.3 Å². The van der Waals surface area contributed by atoms with Crippen molar-refractivity contribution in [1.82, 2.24) is 10.3 Å². The fourth-order valence-corrected chi connectivity index (χ4v) is 2.71. The Bertz CT molecular complexity index is 806. The molecule has 0 spiro atoms. The summed E-state index contributed by atoms with van der Waals surface area (Å²) in [6, 6.07) is 9.29. The summed E-state index contributed by atoms with van der Waals surface area (Å²) in [5, 5.41) is 3.56. The SMILES string of the molecule is COCCOC1=NCc2cc(CC(=O)NCc3ccc(Cl)cc3)ncc21. The van der Waals surface area contributed by atoms with Gasteiger partial charge in [0.1, 0.15) is 6.61 Å². The van der Waals surface area contributed by atoms with Crippen molar-refractivity contribution >= 4 is 23.4 Å². The monoisotopic (exact) mass is 373 g/mol. The number of carbonyl (C=O) groups is 1. The maximum absolute atomic E-state index is 12.1. The minimum absolute atomic E-state index is 0.0807. The summed E-state index contributed by atoms with van der Waals surface area (Å²) in [4.78, 5) is 20.9. The van der Waals surface area contributed by atoms with Gasteiger partial charge in [-0.15, -0.1) is 0 Å². The van der Waals surface area contributed by atoms with Crippen LogP contribution in [0.5, 0.6) is 0 Å². The van der Waals surface area contributed by atoms with E-state index in [1.54, 1.807) is 25.4 Å². The van der Waals surface area contributed by atoms with E-state index in [-0.39, 0.29) is 12.3 Å². The second-order valence-electron chi connectivity index (χ2n) is 5.88. The van der Waals surface area contributed by atoms with Crippen molar-refractivity contribution < 1.29 is 14.3 Å². The minimum atomic E-state index is -0.0807. The highest BCUT2D eigenvalue weighted by molar-refractivity contribution is 6.30. The van der Waals surface area contributed by atoms with Crippen molar-refractivity contribution in [3.05, 3.63) is 63.9 Å². The number of hydrogen-bond donors (Lipinski definition) is 1. The molecule has 1 N–H and O–H groups in total. The van der Waals surface area contributed by atoms with Gasteiger partial charge >= 0.3 is 0 Å². The number of aliphatic imine (C=N–C) groups is 1. The Balaban J connectivity index is 1.53. The first kappa shape index (κ1) is 18.4. The first-order valence-electron chi connectivity index (χ1n) is 8.31. The van der Waals surface area contributed by atoms with E-state index in [2.05, 4.69) is 15.3 Å². The molecule has 0 fully saturated rings. The number of carbonyl (C=O) groups excluding carboxylic acids is 1. The molecule has 1 amide bonds. The number of rotatable bonds is 7. The molecule has 6 nitrogen and oxygen atoms in total. The Morgan fingerprint density at radius 2 is 2.08 bits per heavy atom. The van der Waals surface area contributed by atoms with Gasteiger partial charge in [-0.05, 0) is 29.3 Å². The van der Waals surface area contributed by atoms with Crippen LogP contribution in [0.3, 0.4) is 0 Å². The van der Waals surface area contributed by atoms with Crippen LogP contribution in [0.2, 0.25) is 5.02 Å². The number of methoxy groups -OCH3 is 1. The van der Waals surface area contributed by atoms with Crippen LogP contribution in [0, 0.1) is 0 Å². The molecule has 7 heteroatoms. The topological polar surface area (TPSA) is 72.8 Å². The largest absolute Gasteiger partial charge is 0.475 e. The smallest absolute Gasteiger partial charge is 0.226 e. The van der Waals surface area contributed by atoms with E-state index in [1.807, 2.05) is 18.2 Å². The van der Waals surface area contributed by atoms with E-state index in [1.165, 1.54) is 0 Å². The predicted octanol–water partition coefficient (Wildman–Crippen LogP) is 2.52. The Hall–Kier alpha value is -2.44. The van der Waals surface area contributed by atoms with Crippen molar-refractivity contribution in [2.24, 2.45) is 4.99 Å². The highest BCUT2D eigenvalue weighted by Crippen LogP contribution is 2.20. The Morgan fingerprint density at radius 3 is 2.85 bits per heavy atom. The number of benzene rings is 1. The summed E-state index contributed by atoms with van der Waals surface area (Å²) in [6.07, 6.45) is 1.94. The van der Waals surface area contributed by atoms with E-state index in [0.29, 0.717) is 42.9 Å². The van der Waals surface area contributed by atoms with Gasteiger partial charge in [-0.2, -0.15) is 0 Å². The van der Waals surface area contributed by atoms with Crippen molar-refractivity contribution in [3.63, 3.8) is 0 Å². The number of aromatic nitrogens is 1. The summed E-state index contributed by atoms with van der Waals surface area (Å²) in [6.45, 7) is 1.96. The van der Waals surface area contributed by atoms with Crippen LogP contribution < -0.4 is 5.32 Å². The lowest BCUT2D eigenvalue weighted by Gasteiger charge is -2.08. The highest BCUT2D eigenvalue weighted by atomic mass is 35.5. The van der Waals surface area contributed by atoms with Gasteiger partial charge in [-0.3, -0.25) is 9.78 Å². The second-order valence-corrected chi connectivity index (χ2v) is 6.31. The average Bonchev–Trinajstić information content (AvgIpc) is 3.04. The molecule has 1 aliphatic heterocycles. The van der Waals surface area contributed by atoms with Gasteiger partial charge in [0.25, 0.3) is 0 Å². The van der Waals surface area contributed by atoms with Gasteiger partial charge in [0.2, 0.25) is 11.8 Å². The third kappa shape index (κ3) is 4.80. The quantitative estimate of drug-likeness (QED) is 0.757. The fourth-order valence-electron chi connectivity index (χ4n) is 2.58. The summed E-state index contributed by atoms with van der Waals surface area (Å²) < 4.78 is 10.5. The zero-order chi connectivity index (χ0) is 18.4. The zero-order valence-electron chi connectivity index (χ0n) is 14.5. The molecule has 3 rings (SSSR count). The lowest BCUT2D eigenvalue weighted by atomic mass is 10.1. The molecule has 0 bridgehead atoms. The van der Waals surface area contributed by atoms with E-state index >= 15 is 0 Å². The second kappa shape index (κ2) is 8.78. The lowest BCUT2D eigenvalue weighted by Crippen LogP contribution is -2.25. The first-order valence-corrected chi connectivity index (χ1v) is 8.69. The summed E-state index contributed by atoms with van der Waals surface area (Å²) in [5.41, 5.74) is 3.61. The molecule has 0 saturated heterocycles. The molecule has 136 valence electrons. The minimum Gasteiger partial charge on any atom is -0.475 e. The average molecular weight is 374 g/mol. The van der Waals surface area contributed by atoms with Gasteiger partial charge in [0, 0.05) is 24.9 Å². The molecule has 2 aromatic rings. The van der Waals surface area contributed by atoms with Crippen LogP contribution in [0.25, 0.3) is 0 Å². The van der Waals surface area contributed by atoms with Gasteiger partial charge < -0.3 is 14.8 Å². The van der Waals surface area contributed by atoms with Crippen LogP contribution in [-0.4, -0.2) is 37.1 Å². The molecule has 1 aromatic carbocycles. The lowest BCUT2D eigenvalue weighted by molar-refractivity contribution is -0.120. The van der Waals surface area contributed by atoms with E-state index in [0.717, 1.165) is 16.7 Å². The van der Waals surface area contributed by atoms with Gasteiger partial charge in [0.15, 0.2) is 0 Å². The fraction of sp³-hybridized carbons (Fsp3) is 0.316. The van der Waals surface area contributed by atoms with Crippen molar-refractivity contribution in [2.45, 2.75) is 19.5 Å². The standard InChI is InChI=1S/C19H20ClN3O3/c1-25-6-7-26-19-17-12-21-16(8-14(17)11-23-19)9-18(24)22-10-13-2-4-15(20)5-3-13/h2-5,8,12H,6-7,9-11H2,1H3,(H,22,24). The predicted molar refractivity (Wildman–Crippen MR) is 99.3 cm³/mol. The van der Waals surface area contributed by atoms with Crippen LogP contribution >= 0.6 is 11.6 Å². The highest BCUT2D eigenvalue weighted by Gasteiger charge is 2.19. The molecule has 0 unspecified atom stereocenters. The number of amides is 1. The maximum Gasteiger partial charge on any atom is 0.226 e. The number of nitrogens with one attached hydrogen (secondary N) is 1. The Morgan fingerprint density at radius 1 is 1.27 bits per heavy atom. The molecule has 1 aliphatic rings. The first-order chi connectivity index (χ1) is 12.7. The van der Waals surface area contributed by atoms with E-state index in [4.69, 9.17) is 21.1 Å². The Kier molecular flexibility index (Phi) is 6.20. The summed E-state index contributed by atoms with van der Waals surface area (Å²) >= 11 is 5.85. The molecule has 0 aliphatic carbocycles. The maximum atomic E-state index is 12.1. The Labute approximate surface area is 157 Å². The number of pyridine rings is 1. The van der Waals surface area contributed by atoms with Crippen molar-refractivity contribution in [1.29, 1.82) is 0 Å². The van der Waals surface area contributed by atoms with E-state index in [9.17, 15) is 4.79 Å². The van der Waals surface area contributed by atoms with E-state index < -0.39 is 0 Å². The molecule has 2 heterocycles. The molecule has 0 atom stereocenters. The molecule has 1 aromatic heterocycles. The number of fused-ring (bicyclic) bond motifs is 1. The normalized spacial score (nSPS) is 12.5. The van der Waals surface area contributed by atoms with Crippen LogP contribution in [0.1, 0.15) is 22.4 Å². The molecular weight excluding hydrogens is 354 g/mol. The summed E-state index contributed by atoms with van der Waals surface area (Å²) in [5.74, 6) is 0.506. The molecular formula is C19H20ClN3O3. The zero-order valence-corrected chi connectivity index (χ0v) is 15.3. The number of hydrogen-bond acceptors (Lipinski definition) is 5. The van der Waals surface area contributed by atoms with Crippen molar-refractivity contribution in [3.8, 4) is 0 Å². The van der Waals surface area contributed by atoms with Crippen LogP contribution in [0.15, 0.2) is 41.5 Å². The van der Waals surface area contributed by atoms with Gasteiger partial charge in [0.05, 0.1) is 30.8 Å². The van der Waals surface area contributed by atoms with Crippen LogP contribution in [0.4, 0.5) is 0 Å². The molecule has 0 radical (unpaired) electrons. The third-order valence-electron chi connectivity index (χ3n) is 3.94. The molecule has 26 heavy (non-hydrogen) atoms. The number of ether oxygens (including phenoxy) is 2. The number of halogens is 1. The molecule has 0 saturated carbocycles. The van der Waals surface area contributed by atoms with Gasteiger partial charge in [-0.25, -0.2) is 4.99 Å². The van der Waals surface area contributed by atoms with Crippen LogP contribution in [-0.2, 0) is 33.8 Å². The third-order valence-corrected chi connectivity index (χ3v) is 4.19.